The molecular weight excluding hydrogens is 461 g/mol. The van der Waals surface area contributed by atoms with Crippen LogP contribution in [0.25, 0.3) is 10.4 Å². The molecule has 0 bridgehead atoms. The molecule has 2 fully saturated rings. The van der Waals surface area contributed by atoms with Crippen LogP contribution in [0.5, 0.6) is 0 Å². The first-order valence-electron chi connectivity index (χ1n) is 11.1. The molecule has 1 saturated carbocycles. The largest absolute Gasteiger partial charge is 0.350 e. The zero-order valence-corrected chi connectivity index (χ0v) is 19.5. The van der Waals surface area contributed by atoms with Crippen LogP contribution in [0, 0.1) is 5.82 Å². The number of hydrogen-bond donors (Lipinski definition) is 1. The highest BCUT2D eigenvalue weighted by Gasteiger charge is 2.35. The minimum absolute atomic E-state index is 0.104. The number of hydrogen-bond acceptors (Lipinski definition) is 4. The summed E-state index contributed by atoms with van der Waals surface area (Å²) in [6, 6.07) is 12.9. The van der Waals surface area contributed by atoms with Crippen LogP contribution in [0.3, 0.4) is 0 Å². The van der Waals surface area contributed by atoms with Crippen molar-refractivity contribution in [1.29, 1.82) is 0 Å². The smallest absolute Gasteiger partial charge is 0.274 e. The van der Waals surface area contributed by atoms with Gasteiger partial charge in [-0.3, -0.25) is 9.59 Å². The molecule has 1 saturated heterocycles. The van der Waals surface area contributed by atoms with Gasteiger partial charge in [0.1, 0.15) is 11.5 Å². The average Bonchev–Trinajstić information content (AvgIpc) is 3.39. The van der Waals surface area contributed by atoms with Crippen LogP contribution in [0.2, 0.25) is 5.02 Å². The van der Waals surface area contributed by atoms with E-state index in [0.29, 0.717) is 35.3 Å². The molecule has 2 aliphatic rings. The van der Waals surface area contributed by atoms with Gasteiger partial charge in [-0.15, -0.1) is 11.3 Å². The van der Waals surface area contributed by atoms with E-state index >= 15 is 0 Å². The highest BCUT2D eigenvalue weighted by molar-refractivity contribution is 7.15. The van der Waals surface area contributed by atoms with Gasteiger partial charge in [-0.1, -0.05) is 29.8 Å². The van der Waals surface area contributed by atoms with E-state index in [2.05, 4.69) is 5.32 Å². The predicted molar refractivity (Wildman–Crippen MR) is 127 cm³/mol. The second kappa shape index (κ2) is 9.23. The maximum absolute atomic E-state index is 13.6. The van der Waals surface area contributed by atoms with Crippen molar-refractivity contribution in [1.82, 2.24) is 15.2 Å². The fourth-order valence-corrected chi connectivity index (χ4v) is 5.60. The van der Waals surface area contributed by atoms with E-state index in [4.69, 9.17) is 16.6 Å². The van der Waals surface area contributed by atoms with Crippen molar-refractivity contribution in [3.63, 3.8) is 0 Å². The molecule has 1 aliphatic carbocycles. The fourth-order valence-electron chi connectivity index (χ4n) is 4.18. The summed E-state index contributed by atoms with van der Waals surface area (Å²) in [7, 11) is 0. The number of halogens is 2. The molecule has 1 aliphatic heterocycles. The van der Waals surface area contributed by atoms with Crippen LogP contribution in [0.15, 0.2) is 48.5 Å². The second-order valence-electron chi connectivity index (χ2n) is 8.53. The van der Waals surface area contributed by atoms with E-state index in [0.717, 1.165) is 41.1 Å². The molecule has 5 rings (SSSR count). The summed E-state index contributed by atoms with van der Waals surface area (Å²) in [5.74, 6) is -0.235. The summed E-state index contributed by atoms with van der Waals surface area (Å²) in [4.78, 5) is 33.5. The Morgan fingerprint density at radius 2 is 1.94 bits per heavy atom. The second-order valence-corrected chi connectivity index (χ2v) is 9.99. The van der Waals surface area contributed by atoms with Gasteiger partial charge in [-0.25, -0.2) is 9.37 Å². The molecule has 2 amide bonds. The van der Waals surface area contributed by atoms with Gasteiger partial charge in [-0.2, -0.15) is 0 Å². The lowest BCUT2D eigenvalue weighted by Crippen LogP contribution is -2.43. The van der Waals surface area contributed by atoms with Crippen molar-refractivity contribution < 1.29 is 14.0 Å². The monoisotopic (exact) mass is 483 g/mol. The highest BCUT2D eigenvalue weighted by Crippen LogP contribution is 2.45. The summed E-state index contributed by atoms with van der Waals surface area (Å²) in [6.07, 6.45) is 3.86. The maximum Gasteiger partial charge on any atom is 0.274 e. The number of nitrogens with zero attached hydrogens (tertiary/aromatic N) is 2. The molecule has 1 aromatic heterocycles. The van der Waals surface area contributed by atoms with Crippen molar-refractivity contribution in [3.8, 4) is 10.4 Å². The van der Waals surface area contributed by atoms with Crippen molar-refractivity contribution >= 4 is 34.8 Å². The predicted octanol–water partition coefficient (Wildman–Crippen LogP) is 5.51. The van der Waals surface area contributed by atoms with Crippen LogP contribution in [0.1, 0.15) is 57.5 Å². The first kappa shape index (κ1) is 22.0. The number of carbonyl (C=O) groups is 2. The van der Waals surface area contributed by atoms with Crippen LogP contribution in [-0.4, -0.2) is 40.8 Å². The van der Waals surface area contributed by atoms with E-state index in [1.807, 2.05) is 4.90 Å². The molecule has 2 aromatic carbocycles. The first-order chi connectivity index (χ1) is 16.0. The lowest BCUT2D eigenvalue weighted by molar-refractivity contribution is 0.0721. The van der Waals surface area contributed by atoms with Crippen molar-refractivity contribution in [2.24, 2.45) is 0 Å². The van der Waals surface area contributed by atoms with E-state index in [1.54, 1.807) is 36.4 Å². The molecule has 1 N–H and O–H groups in total. The number of amides is 2. The van der Waals surface area contributed by atoms with Crippen molar-refractivity contribution in [2.75, 3.05) is 13.1 Å². The molecule has 1 atom stereocenters. The molecule has 0 spiro atoms. The van der Waals surface area contributed by atoms with Gasteiger partial charge in [-0.05, 0) is 61.6 Å². The summed E-state index contributed by atoms with van der Waals surface area (Å²) < 4.78 is 13.5. The molecule has 8 heteroatoms. The highest BCUT2D eigenvalue weighted by atomic mass is 35.5. The molecule has 0 radical (unpaired) electrons. The average molecular weight is 484 g/mol. The molecule has 170 valence electrons. The lowest BCUT2D eigenvalue weighted by Gasteiger charge is -2.24. The van der Waals surface area contributed by atoms with Crippen molar-refractivity contribution in [3.05, 3.63) is 75.6 Å². The van der Waals surface area contributed by atoms with Crippen LogP contribution in [-0.2, 0) is 0 Å². The van der Waals surface area contributed by atoms with Gasteiger partial charge in [0.05, 0.1) is 9.88 Å². The number of aromatic nitrogens is 1. The normalized spacial score (nSPS) is 17.9. The van der Waals surface area contributed by atoms with Crippen LogP contribution in [0.4, 0.5) is 4.39 Å². The number of rotatable bonds is 6. The van der Waals surface area contributed by atoms with Crippen LogP contribution < -0.4 is 5.32 Å². The van der Waals surface area contributed by atoms with Gasteiger partial charge in [0, 0.05) is 35.6 Å². The standard InChI is InChI=1S/C25H23ClFN3O2S/c26-18-4-1-3-17(13-18)23(31)28-14-20-5-2-12-30(20)25(32)21-22(15-8-10-19(27)11-9-15)33-24(29-21)16-6-7-16/h1,3-4,8-11,13,16,20H,2,5-7,12,14H2,(H,28,31)/t20-/m0/s1. The molecular formula is C25H23ClFN3O2S. The zero-order valence-electron chi connectivity index (χ0n) is 17.9. The molecule has 33 heavy (non-hydrogen) atoms. The van der Waals surface area contributed by atoms with Gasteiger partial charge in [0.25, 0.3) is 11.8 Å². The van der Waals surface area contributed by atoms with Gasteiger partial charge >= 0.3 is 0 Å². The number of likely N-dealkylation sites (tertiary alicyclic amines) is 1. The Bertz CT molecular complexity index is 1190. The van der Waals surface area contributed by atoms with E-state index in [9.17, 15) is 14.0 Å². The van der Waals surface area contributed by atoms with Gasteiger partial charge in [0.15, 0.2) is 0 Å². The molecule has 3 aromatic rings. The Morgan fingerprint density at radius 3 is 2.67 bits per heavy atom. The Kier molecular flexibility index (Phi) is 6.17. The summed E-state index contributed by atoms with van der Waals surface area (Å²) in [6.45, 7) is 0.984. The maximum atomic E-state index is 13.6. The number of carbonyl (C=O) groups excluding carboxylic acids is 2. The number of nitrogens with one attached hydrogen (secondary N) is 1. The minimum Gasteiger partial charge on any atom is -0.350 e. The Balaban J connectivity index is 1.35. The third-order valence-corrected chi connectivity index (χ3v) is 7.60. The summed E-state index contributed by atoms with van der Waals surface area (Å²) >= 11 is 7.52. The van der Waals surface area contributed by atoms with Gasteiger partial charge < -0.3 is 10.2 Å². The molecule has 2 heterocycles. The quantitative estimate of drug-likeness (QED) is 0.502. The van der Waals surface area contributed by atoms with E-state index in [1.165, 1.54) is 23.5 Å². The number of thiazole rings is 1. The molecule has 0 unspecified atom stereocenters. The van der Waals surface area contributed by atoms with E-state index < -0.39 is 0 Å². The third-order valence-electron chi connectivity index (χ3n) is 6.10. The minimum atomic E-state index is -0.311. The summed E-state index contributed by atoms with van der Waals surface area (Å²) in [5.41, 5.74) is 1.72. The zero-order chi connectivity index (χ0) is 22.9. The van der Waals surface area contributed by atoms with Gasteiger partial charge in [0.2, 0.25) is 0 Å². The third kappa shape index (κ3) is 4.80. The van der Waals surface area contributed by atoms with Crippen LogP contribution >= 0.6 is 22.9 Å². The fraction of sp³-hybridized carbons (Fsp3) is 0.320. The topological polar surface area (TPSA) is 62.3 Å². The number of benzene rings is 2. The lowest BCUT2D eigenvalue weighted by atomic mass is 10.1. The SMILES string of the molecule is O=C(NC[C@@H]1CCCN1C(=O)c1nc(C2CC2)sc1-c1ccc(F)cc1)c1cccc(Cl)c1. The Hall–Kier alpha value is -2.77. The summed E-state index contributed by atoms with van der Waals surface area (Å²) in [5, 5.41) is 4.42. The van der Waals surface area contributed by atoms with E-state index in [-0.39, 0.29) is 23.7 Å². The Labute approximate surface area is 200 Å². The van der Waals surface area contributed by atoms with Crippen molar-refractivity contribution in [2.45, 2.75) is 37.6 Å². The Morgan fingerprint density at radius 1 is 1.15 bits per heavy atom. The first-order valence-corrected chi connectivity index (χ1v) is 12.3. The molecule has 5 nitrogen and oxygen atoms in total.